The van der Waals surface area contributed by atoms with Gasteiger partial charge in [-0.2, -0.15) is 5.43 Å². The molecule has 2 amide bonds. The van der Waals surface area contributed by atoms with Gasteiger partial charge in [-0.05, 0) is 20.8 Å². The summed E-state index contributed by atoms with van der Waals surface area (Å²) in [5.41, 5.74) is 1.38. The molecule has 0 rings (SSSR count). The first kappa shape index (κ1) is 8.87. The van der Waals surface area contributed by atoms with Crippen LogP contribution in [0.2, 0.25) is 0 Å². The minimum absolute atomic E-state index is 0.339. The van der Waals surface area contributed by atoms with E-state index in [2.05, 4.69) is 10.6 Å². The van der Waals surface area contributed by atoms with Crippen LogP contribution in [0, 0.1) is 4.91 Å². The highest BCUT2D eigenvalue weighted by atomic mass is 16.3. The molecule has 5 heteroatoms. The molecule has 0 saturated carbocycles. The number of urea groups is 1. The number of carbonyl (C=O) groups excluding carboxylic acids is 1. The van der Waals surface area contributed by atoms with Gasteiger partial charge in [0.15, 0.2) is 0 Å². The molecule has 0 fully saturated rings. The molecule has 5 nitrogen and oxygen atoms in total. The molecule has 0 aliphatic heterocycles. The van der Waals surface area contributed by atoms with Gasteiger partial charge in [0.1, 0.15) is 0 Å². The number of hydrogen-bond acceptors (Lipinski definition) is 3. The summed E-state index contributed by atoms with van der Waals surface area (Å²) in [5, 5.41) is 4.68. The van der Waals surface area contributed by atoms with E-state index in [0.29, 0.717) is 0 Å². The predicted molar refractivity (Wildman–Crippen MR) is 37.2 cm³/mol. The van der Waals surface area contributed by atoms with Crippen LogP contribution < -0.4 is 10.7 Å². The quantitative estimate of drug-likeness (QED) is 0.422. The van der Waals surface area contributed by atoms with Crippen molar-refractivity contribution in [2.45, 2.75) is 26.3 Å². The predicted octanol–water partition coefficient (Wildman–Crippen LogP) is 0.766. The highest BCUT2D eigenvalue weighted by Crippen LogP contribution is 1.96. The van der Waals surface area contributed by atoms with E-state index in [1.165, 1.54) is 0 Å². The third-order valence-electron chi connectivity index (χ3n) is 0.636. The number of nitrogens with zero attached hydrogens (tertiary/aromatic N) is 1. The Morgan fingerprint density at radius 2 is 1.90 bits per heavy atom. The lowest BCUT2D eigenvalue weighted by atomic mass is 10.1. The molecule has 0 aliphatic carbocycles. The molecule has 0 spiro atoms. The number of amides is 2. The fourth-order valence-electron chi connectivity index (χ4n) is 0.410. The Labute approximate surface area is 59.1 Å². The molecule has 0 unspecified atom stereocenters. The Morgan fingerprint density at radius 3 is 2.20 bits per heavy atom. The van der Waals surface area contributed by atoms with Crippen LogP contribution in [0.4, 0.5) is 4.79 Å². The van der Waals surface area contributed by atoms with Crippen molar-refractivity contribution in [3.8, 4) is 0 Å². The van der Waals surface area contributed by atoms with Crippen LogP contribution in [0.5, 0.6) is 0 Å². The highest BCUT2D eigenvalue weighted by molar-refractivity contribution is 5.74. The van der Waals surface area contributed by atoms with Gasteiger partial charge in [-0.1, -0.05) is 0 Å². The number of carbonyl (C=O) groups is 1. The van der Waals surface area contributed by atoms with Gasteiger partial charge in [0.05, 0.1) is 5.29 Å². The molecule has 58 valence electrons. The molecular weight excluding hydrogens is 134 g/mol. The lowest BCUT2D eigenvalue weighted by Crippen LogP contribution is -2.44. The normalized spacial score (nSPS) is 10.3. The maximum absolute atomic E-state index is 10.5. The topological polar surface area (TPSA) is 70.6 Å². The number of nitroso groups, excluding NO2 is 1. The molecule has 0 aromatic carbocycles. The Balaban J connectivity index is 3.68. The minimum atomic E-state index is -0.581. The molecule has 0 aliphatic rings. The standard InChI is InChI=1S/C5H11N3O2/c1-5(2,3)6-4(9)7-8-10/h1-3H3,(H2,6,7,9,10). The maximum atomic E-state index is 10.5. The fraction of sp³-hybridized carbons (Fsp3) is 0.800. The first-order chi connectivity index (χ1) is 4.45. The van der Waals surface area contributed by atoms with Crippen molar-refractivity contribution in [2.24, 2.45) is 5.29 Å². The van der Waals surface area contributed by atoms with Crippen LogP contribution >= 0.6 is 0 Å². The monoisotopic (exact) mass is 145 g/mol. The molecule has 0 aromatic rings. The lowest BCUT2D eigenvalue weighted by Gasteiger charge is -2.18. The van der Waals surface area contributed by atoms with Gasteiger partial charge in [-0.3, -0.25) is 0 Å². The molecule has 0 saturated heterocycles. The van der Waals surface area contributed by atoms with Gasteiger partial charge in [-0.25, -0.2) is 4.79 Å². The summed E-state index contributed by atoms with van der Waals surface area (Å²) < 4.78 is 0. The molecule has 2 N–H and O–H groups in total. The van der Waals surface area contributed by atoms with Crippen molar-refractivity contribution < 1.29 is 4.79 Å². The van der Waals surface area contributed by atoms with Crippen LogP contribution in [-0.4, -0.2) is 11.6 Å². The van der Waals surface area contributed by atoms with Crippen molar-refractivity contribution in [3.05, 3.63) is 4.91 Å². The SMILES string of the molecule is CC(C)(C)NC(=O)NN=O. The summed E-state index contributed by atoms with van der Waals surface area (Å²) in [7, 11) is 0. The van der Waals surface area contributed by atoms with Gasteiger partial charge in [0.2, 0.25) is 0 Å². The van der Waals surface area contributed by atoms with Crippen molar-refractivity contribution in [1.82, 2.24) is 10.7 Å². The number of hydrogen-bond donors (Lipinski definition) is 2. The summed E-state index contributed by atoms with van der Waals surface area (Å²) in [6.07, 6.45) is 0. The maximum Gasteiger partial charge on any atom is 0.338 e. The van der Waals surface area contributed by atoms with Crippen molar-refractivity contribution in [3.63, 3.8) is 0 Å². The second-order valence-electron chi connectivity index (χ2n) is 2.91. The summed E-state index contributed by atoms with van der Waals surface area (Å²) in [6.45, 7) is 5.41. The molecule has 0 bridgehead atoms. The van der Waals surface area contributed by atoms with Crippen LogP contribution in [0.15, 0.2) is 5.29 Å². The van der Waals surface area contributed by atoms with Crippen molar-refractivity contribution in [2.75, 3.05) is 0 Å². The van der Waals surface area contributed by atoms with Crippen molar-refractivity contribution >= 4 is 6.03 Å². The van der Waals surface area contributed by atoms with Gasteiger partial charge < -0.3 is 5.32 Å². The smallest absolute Gasteiger partial charge is 0.332 e. The third kappa shape index (κ3) is 5.02. The van der Waals surface area contributed by atoms with Crippen LogP contribution in [-0.2, 0) is 0 Å². The van der Waals surface area contributed by atoms with Crippen LogP contribution in [0.3, 0.4) is 0 Å². The number of rotatable bonds is 1. The first-order valence-electron chi connectivity index (χ1n) is 2.86. The molecule has 10 heavy (non-hydrogen) atoms. The largest absolute Gasteiger partial charge is 0.338 e. The molecule has 0 aromatic heterocycles. The summed E-state index contributed by atoms with van der Waals surface area (Å²) in [5.74, 6) is 0. The lowest BCUT2D eigenvalue weighted by molar-refractivity contribution is 0.232. The van der Waals surface area contributed by atoms with E-state index in [9.17, 15) is 9.70 Å². The van der Waals surface area contributed by atoms with E-state index in [1.807, 2.05) is 0 Å². The minimum Gasteiger partial charge on any atom is -0.332 e. The summed E-state index contributed by atoms with van der Waals surface area (Å²) in [4.78, 5) is 20.0. The van der Waals surface area contributed by atoms with Gasteiger partial charge in [-0.15, -0.1) is 4.91 Å². The van der Waals surface area contributed by atoms with Gasteiger partial charge in [0.25, 0.3) is 0 Å². The average Bonchev–Trinajstić information content (AvgIpc) is 1.59. The van der Waals surface area contributed by atoms with E-state index in [0.717, 1.165) is 0 Å². The zero-order valence-corrected chi connectivity index (χ0v) is 6.26. The summed E-state index contributed by atoms with van der Waals surface area (Å²) in [6, 6.07) is -0.581. The second kappa shape index (κ2) is 3.14. The van der Waals surface area contributed by atoms with E-state index >= 15 is 0 Å². The van der Waals surface area contributed by atoms with E-state index in [1.54, 1.807) is 26.2 Å². The second-order valence-corrected chi connectivity index (χ2v) is 2.91. The zero-order valence-electron chi connectivity index (χ0n) is 6.26. The highest BCUT2D eigenvalue weighted by Gasteiger charge is 2.12. The Kier molecular flexibility index (Phi) is 2.79. The number of nitrogens with one attached hydrogen (secondary N) is 2. The van der Waals surface area contributed by atoms with Crippen LogP contribution in [0.1, 0.15) is 20.8 Å². The first-order valence-corrected chi connectivity index (χ1v) is 2.86. The van der Waals surface area contributed by atoms with E-state index < -0.39 is 6.03 Å². The third-order valence-corrected chi connectivity index (χ3v) is 0.636. The van der Waals surface area contributed by atoms with Crippen molar-refractivity contribution in [1.29, 1.82) is 0 Å². The Hall–Kier alpha value is -1.13. The zero-order chi connectivity index (χ0) is 8.20. The molecular formula is C5H11N3O2. The molecule has 0 heterocycles. The van der Waals surface area contributed by atoms with E-state index in [4.69, 9.17) is 0 Å². The van der Waals surface area contributed by atoms with Gasteiger partial charge in [0, 0.05) is 5.54 Å². The molecule has 0 radical (unpaired) electrons. The Morgan fingerprint density at radius 1 is 1.40 bits per heavy atom. The Bertz CT molecular complexity index is 138. The summed E-state index contributed by atoms with van der Waals surface area (Å²) >= 11 is 0. The fourth-order valence-corrected chi connectivity index (χ4v) is 0.410. The van der Waals surface area contributed by atoms with Gasteiger partial charge >= 0.3 is 6.03 Å². The van der Waals surface area contributed by atoms with Crippen LogP contribution in [0.25, 0.3) is 0 Å². The molecule has 0 atom stereocenters. The average molecular weight is 145 g/mol. The van der Waals surface area contributed by atoms with E-state index in [-0.39, 0.29) is 5.54 Å².